The van der Waals surface area contributed by atoms with E-state index in [1.54, 1.807) is 22.8 Å². The van der Waals surface area contributed by atoms with Crippen molar-refractivity contribution >= 4 is 45.4 Å². The van der Waals surface area contributed by atoms with Gasteiger partial charge in [0.05, 0.1) is 44.7 Å². The molecule has 0 bridgehead atoms. The van der Waals surface area contributed by atoms with Crippen LogP contribution in [0.15, 0.2) is 54.1 Å². The first-order valence-electron chi connectivity index (χ1n) is 14.8. The summed E-state index contributed by atoms with van der Waals surface area (Å²) in [7, 11) is 1.75. The third-order valence-electron chi connectivity index (χ3n) is 8.53. The number of nitrogens with zero attached hydrogens (tertiary/aromatic N) is 7. The van der Waals surface area contributed by atoms with Crippen molar-refractivity contribution in [2.24, 2.45) is 7.05 Å². The van der Waals surface area contributed by atoms with Crippen molar-refractivity contribution in [3.8, 4) is 22.7 Å². The van der Waals surface area contributed by atoms with Gasteiger partial charge in [-0.1, -0.05) is 38.1 Å². The molecule has 46 heavy (non-hydrogen) atoms. The number of amides is 1. The number of imidazole rings is 1. The fourth-order valence-corrected chi connectivity index (χ4v) is 6.56. The number of carbonyl (C=O) groups is 1. The number of benzene rings is 2. The number of phenols is 1. The van der Waals surface area contributed by atoms with E-state index in [0.29, 0.717) is 35.1 Å². The Morgan fingerprint density at radius 3 is 2.54 bits per heavy atom. The van der Waals surface area contributed by atoms with Crippen LogP contribution in [0.3, 0.4) is 0 Å². The summed E-state index contributed by atoms with van der Waals surface area (Å²) >= 11 is 6.75. The molecular weight excluding hydrogens is 616 g/mol. The number of aromatic hydroxyl groups is 1. The monoisotopic (exact) mass is 647 g/mol. The maximum absolute atomic E-state index is 16.3. The molecule has 1 saturated heterocycles. The maximum atomic E-state index is 16.3. The highest BCUT2D eigenvalue weighted by molar-refractivity contribution is 6.34. The predicted molar refractivity (Wildman–Crippen MR) is 174 cm³/mol. The molecule has 3 aromatic heterocycles. The lowest BCUT2D eigenvalue weighted by atomic mass is 9.98. The van der Waals surface area contributed by atoms with E-state index in [2.05, 4.69) is 21.5 Å². The highest BCUT2D eigenvalue weighted by atomic mass is 35.5. The van der Waals surface area contributed by atoms with Crippen LogP contribution >= 0.6 is 11.6 Å². The Kier molecular flexibility index (Phi) is 7.79. The van der Waals surface area contributed by atoms with E-state index < -0.39 is 23.1 Å². The molecule has 0 unspecified atom stereocenters. The number of aryl methyl sites for hydroxylation is 1. The van der Waals surface area contributed by atoms with Gasteiger partial charge in [0, 0.05) is 43.9 Å². The van der Waals surface area contributed by atoms with Gasteiger partial charge in [-0.2, -0.15) is 4.98 Å². The van der Waals surface area contributed by atoms with Crippen molar-refractivity contribution < 1.29 is 18.7 Å². The Balaban J connectivity index is 1.71. The lowest BCUT2D eigenvalue weighted by Gasteiger charge is -2.44. The standard InChI is InChI=1S/C33H32ClF2N7O3/c1-7-25(45)41-13-18(5)42(14-17(41)4)31-19-11-20(34)28(27-21(35)9-8-10-24(27)44)38-32(19)43(33(46)39-31)30-22(36)12-23-29(26(30)16(2)3)37-15-40(23)6/h7-12,15-18,44H,1,13-14H2,2-6H3/t17-,18+/m1/s1. The van der Waals surface area contributed by atoms with Crippen LogP contribution in [0.5, 0.6) is 5.75 Å². The molecule has 1 aliphatic heterocycles. The topological polar surface area (TPSA) is 109 Å². The molecule has 5 aromatic rings. The van der Waals surface area contributed by atoms with Crippen LogP contribution in [-0.4, -0.2) is 65.2 Å². The van der Waals surface area contributed by atoms with Crippen LogP contribution in [0.1, 0.15) is 39.2 Å². The molecule has 238 valence electrons. The number of aromatic nitrogens is 5. The number of pyridine rings is 1. The third kappa shape index (κ3) is 4.87. The lowest BCUT2D eigenvalue weighted by Crippen LogP contribution is -2.58. The van der Waals surface area contributed by atoms with Gasteiger partial charge >= 0.3 is 5.69 Å². The minimum Gasteiger partial charge on any atom is -0.507 e. The number of rotatable bonds is 5. The number of fused-ring (bicyclic) bond motifs is 2. The van der Waals surface area contributed by atoms with Crippen LogP contribution < -0.4 is 10.6 Å². The molecule has 10 nitrogen and oxygen atoms in total. The summed E-state index contributed by atoms with van der Waals surface area (Å²) in [6.45, 7) is 11.7. The van der Waals surface area contributed by atoms with Crippen LogP contribution in [-0.2, 0) is 11.8 Å². The van der Waals surface area contributed by atoms with E-state index in [0.717, 1.165) is 10.6 Å². The fraction of sp³-hybridized carbons (Fsp3) is 0.303. The van der Waals surface area contributed by atoms with Crippen molar-refractivity contribution in [1.29, 1.82) is 0 Å². The van der Waals surface area contributed by atoms with Crippen molar-refractivity contribution in [3.63, 3.8) is 0 Å². The average molecular weight is 648 g/mol. The quantitative estimate of drug-likeness (QED) is 0.244. The molecule has 1 fully saturated rings. The van der Waals surface area contributed by atoms with Crippen molar-refractivity contribution in [1.82, 2.24) is 29.0 Å². The highest BCUT2D eigenvalue weighted by Crippen LogP contribution is 2.40. The van der Waals surface area contributed by atoms with Gasteiger partial charge in [-0.05, 0) is 44.0 Å². The molecule has 0 aliphatic carbocycles. The molecule has 1 N–H and O–H groups in total. The Morgan fingerprint density at radius 2 is 1.87 bits per heavy atom. The summed E-state index contributed by atoms with van der Waals surface area (Å²) in [5, 5.41) is 10.9. The van der Waals surface area contributed by atoms with Gasteiger partial charge in [0.2, 0.25) is 5.91 Å². The zero-order valence-electron chi connectivity index (χ0n) is 25.9. The third-order valence-corrected chi connectivity index (χ3v) is 8.82. The average Bonchev–Trinajstić information content (AvgIpc) is 3.36. The number of carbonyl (C=O) groups excluding carboxylic acids is 1. The fourth-order valence-electron chi connectivity index (χ4n) is 6.32. The minimum absolute atomic E-state index is 0.0212. The maximum Gasteiger partial charge on any atom is 0.355 e. The molecule has 1 aliphatic rings. The molecular formula is C33H32ClF2N7O3. The number of halogens is 3. The summed E-state index contributed by atoms with van der Waals surface area (Å²) in [6.07, 6.45) is 2.83. The second-order valence-corrected chi connectivity index (χ2v) is 12.3. The Morgan fingerprint density at radius 1 is 1.13 bits per heavy atom. The molecule has 0 saturated carbocycles. The smallest absolute Gasteiger partial charge is 0.355 e. The number of hydrogen-bond acceptors (Lipinski definition) is 7. The normalized spacial score (nSPS) is 17.0. The Labute approximate surface area is 268 Å². The molecule has 2 aromatic carbocycles. The predicted octanol–water partition coefficient (Wildman–Crippen LogP) is 5.71. The number of piperazine rings is 1. The summed E-state index contributed by atoms with van der Waals surface area (Å²) in [4.78, 5) is 43.9. The molecule has 2 atom stereocenters. The number of anilines is 1. The van der Waals surface area contributed by atoms with Gasteiger partial charge in [-0.25, -0.2) is 28.1 Å². The highest BCUT2D eigenvalue weighted by Gasteiger charge is 2.34. The van der Waals surface area contributed by atoms with Gasteiger partial charge in [-0.3, -0.25) is 4.79 Å². The largest absolute Gasteiger partial charge is 0.507 e. The summed E-state index contributed by atoms with van der Waals surface area (Å²) in [5.41, 5.74) is 0.132. The molecule has 0 radical (unpaired) electrons. The van der Waals surface area contributed by atoms with Gasteiger partial charge in [-0.15, -0.1) is 0 Å². The molecule has 13 heteroatoms. The van der Waals surface area contributed by atoms with Crippen LogP contribution in [0.2, 0.25) is 5.02 Å². The Bertz CT molecular complexity index is 2110. The van der Waals surface area contributed by atoms with Crippen molar-refractivity contribution in [3.05, 3.63) is 82.0 Å². The Hall–Kier alpha value is -4.84. The van der Waals surface area contributed by atoms with Crippen LogP contribution in [0.4, 0.5) is 14.6 Å². The zero-order chi connectivity index (χ0) is 33.2. The van der Waals surface area contributed by atoms with E-state index in [1.807, 2.05) is 32.6 Å². The molecule has 4 heterocycles. The number of hydrogen-bond donors (Lipinski definition) is 1. The first-order valence-corrected chi connectivity index (χ1v) is 15.2. The van der Waals surface area contributed by atoms with Crippen LogP contribution in [0, 0.1) is 11.6 Å². The first-order chi connectivity index (χ1) is 21.8. The zero-order valence-corrected chi connectivity index (χ0v) is 26.7. The SMILES string of the molecule is C=CC(=O)N1C[C@H](C)N(c2nc(=O)n(-c3c(F)cc4c(ncn4C)c3C(C)C)c3nc(-c4c(O)cccc4F)c(Cl)cc23)C[C@H]1C. The van der Waals surface area contributed by atoms with E-state index in [1.165, 1.54) is 30.3 Å². The van der Waals surface area contributed by atoms with Crippen molar-refractivity contribution in [2.45, 2.75) is 45.7 Å². The minimum atomic E-state index is -0.832. The van der Waals surface area contributed by atoms with Crippen LogP contribution in [0.25, 0.3) is 39.0 Å². The van der Waals surface area contributed by atoms with E-state index >= 15 is 8.78 Å². The van der Waals surface area contributed by atoms with Gasteiger partial charge in [0.25, 0.3) is 0 Å². The lowest BCUT2D eigenvalue weighted by molar-refractivity contribution is -0.128. The van der Waals surface area contributed by atoms with Crippen molar-refractivity contribution in [2.75, 3.05) is 18.0 Å². The van der Waals surface area contributed by atoms with E-state index in [9.17, 15) is 14.7 Å². The van der Waals surface area contributed by atoms with E-state index in [-0.39, 0.29) is 57.3 Å². The van der Waals surface area contributed by atoms with Gasteiger partial charge < -0.3 is 19.5 Å². The molecule has 1 amide bonds. The second kappa shape index (κ2) is 11.5. The first kappa shape index (κ1) is 31.2. The molecule has 6 rings (SSSR count). The summed E-state index contributed by atoms with van der Waals surface area (Å²) in [5.74, 6) is -2.18. The van der Waals surface area contributed by atoms with E-state index in [4.69, 9.17) is 11.6 Å². The number of phenolic OH excluding ortho intramolecular Hbond substituents is 1. The summed E-state index contributed by atoms with van der Waals surface area (Å²) < 4.78 is 34.2. The van der Waals surface area contributed by atoms with Gasteiger partial charge in [0.15, 0.2) is 5.65 Å². The van der Waals surface area contributed by atoms with Gasteiger partial charge in [0.1, 0.15) is 23.2 Å². The molecule has 0 spiro atoms. The summed E-state index contributed by atoms with van der Waals surface area (Å²) in [6, 6.07) is 6.02. The second-order valence-electron chi connectivity index (χ2n) is 11.9.